The molecule has 0 aliphatic carbocycles. The summed E-state index contributed by atoms with van der Waals surface area (Å²) in [5.74, 6) is 0.717. The lowest BCUT2D eigenvalue weighted by Crippen LogP contribution is -2.41. The molecular formula is C20H16FNO3. The van der Waals surface area contributed by atoms with Crippen LogP contribution in [0, 0.1) is 5.82 Å². The molecule has 4 rings (SSSR count). The molecule has 25 heavy (non-hydrogen) atoms. The molecule has 1 amide bonds. The summed E-state index contributed by atoms with van der Waals surface area (Å²) in [5, 5.41) is 0. The standard InChI is InChI=1S/C20H16FNO3/c21-15-6-3-7-16(12-15)22(13-17-8-4-10-24-17)20(23)19-11-14-5-1-2-9-18(14)25-19/h1-10,12,19H,11,13H2/t19-/m0/s1. The molecule has 1 aliphatic heterocycles. The first-order valence-corrected chi connectivity index (χ1v) is 8.04. The van der Waals surface area contributed by atoms with Gasteiger partial charge in [-0.05, 0) is 42.0 Å². The molecule has 0 bridgehead atoms. The third kappa shape index (κ3) is 3.13. The minimum Gasteiger partial charge on any atom is -0.480 e. The summed E-state index contributed by atoms with van der Waals surface area (Å²) < 4.78 is 24.8. The highest BCUT2D eigenvalue weighted by Crippen LogP contribution is 2.30. The molecule has 2 aromatic carbocycles. The van der Waals surface area contributed by atoms with Gasteiger partial charge in [-0.15, -0.1) is 0 Å². The zero-order chi connectivity index (χ0) is 17.2. The lowest BCUT2D eigenvalue weighted by Gasteiger charge is -2.24. The average Bonchev–Trinajstić information content (AvgIpc) is 3.28. The van der Waals surface area contributed by atoms with Gasteiger partial charge in [0.05, 0.1) is 12.8 Å². The largest absolute Gasteiger partial charge is 0.480 e. The van der Waals surface area contributed by atoms with E-state index in [0.29, 0.717) is 17.9 Å². The molecule has 126 valence electrons. The maximum atomic E-state index is 13.7. The fourth-order valence-electron chi connectivity index (χ4n) is 2.99. The lowest BCUT2D eigenvalue weighted by molar-refractivity contribution is -0.124. The third-order valence-electron chi connectivity index (χ3n) is 4.20. The van der Waals surface area contributed by atoms with Crippen LogP contribution in [0.5, 0.6) is 5.75 Å². The topological polar surface area (TPSA) is 42.7 Å². The monoisotopic (exact) mass is 337 g/mol. The van der Waals surface area contributed by atoms with Crippen LogP contribution in [-0.4, -0.2) is 12.0 Å². The second-order valence-corrected chi connectivity index (χ2v) is 5.90. The molecule has 1 aromatic heterocycles. The molecule has 1 atom stereocenters. The van der Waals surface area contributed by atoms with Crippen LogP contribution >= 0.6 is 0 Å². The van der Waals surface area contributed by atoms with Crippen molar-refractivity contribution >= 4 is 11.6 Å². The smallest absolute Gasteiger partial charge is 0.268 e. The number of ether oxygens (including phenoxy) is 1. The molecule has 5 heteroatoms. The van der Waals surface area contributed by atoms with Gasteiger partial charge in [0.1, 0.15) is 17.3 Å². The summed E-state index contributed by atoms with van der Waals surface area (Å²) >= 11 is 0. The van der Waals surface area contributed by atoms with Crippen LogP contribution in [0.15, 0.2) is 71.3 Å². The number of carbonyl (C=O) groups is 1. The van der Waals surface area contributed by atoms with Gasteiger partial charge >= 0.3 is 0 Å². The number of benzene rings is 2. The molecule has 0 saturated carbocycles. The van der Waals surface area contributed by atoms with Crippen LogP contribution in [0.25, 0.3) is 0 Å². The van der Waals surface area contributed by atoms with Gasteiger partial charge in [0.2, 0.25) is 0 Å². The molecule has 4 nitrogen and oxygen atoms in total. The Morgan fingerprint density at radius 1 is 1.12 bits per heavy atom. The van der Waals surface area contributed by atoms with E-state index in [1.165, 1.54) is 17.0 Å². The zero-order valence-electron chi connectivity index (χ0n) is 13.4. The van der Waals surface area contributed by atoms with Crippen LogP contribution < -0.4 is 9.64 Å². The molecule has 0 fully saturated rings. The summed E-state index contributed by atoms with van der Waals surface area (Å²) in [6.07, 6.45) is 1.42. The van der Waals surface area contributed by atoms with Crippen molar-refractivity contribution in [1.82, 2.24) is 0 Å². The van der Waals surface area contributed by atoms with Crippen molar-refractivity contribution in [2.24, 2.45) is 0 Å². The highest BCUT2D eigenvalue weighted by Gasteiger charge is 2.33. The van der Waals surface area contributed by atoms with Gasteiger partial charge in [0, 0.05) is 12.1 Å². The Bertz CT molecular complexity index is 866. The summed E-state index contributed by atoms with van der Waals surface area (Å²) in [5.41, 5.74) is 1.47. The van der Waals surface area contributed by atoms with Crippen LogP contribution in [-0.2, 0) is 17.8 Å². The van der Waals surface area contributed by atoms with Gasteiger partial charge in [0.25, 0.3) is 5.91 Å². The fourth-order valence-corrected chi connectivity index (χ4v) is 2.99. The van der Waals surface area contributed by atoms with Crippen LogP contribution in [0.3, 0.4) is 0 Å². The van der Waals surface area contributed by atoms with E-state index in [1.807, 2.05) is 24.3 Å². The average molecular weight is 337 g/mol. The van der Waals surface area contributed by atoms with Crippen LogP contribution in [0.2, 0.25) is 0 Å². The second kappa shape index (κ2) is 6.43. The van der Waals surface area contributed by atoms with E-state index in [4.69, 9.17) is 9.15 Å². The molecular weight excluding hydrogens is 321 g/mol. The van der Waals surface area contributed by atoms with E-state index in [2.05, 4.69) is 0 Å². The Labute approximate surface area is 144 Å². The number of fused-ring (bicyclic) bond motifs is 1. The predicted octanol–water partition coefficient (Wildman–Crippen LogP) is 3.96. The lowest BCUT2D eigenvalue weighted by atomic mass is 10.1. The van der Waals surface area contributed by atoms with Crippen molar-refractivity contribution in [1.29, 1.82) is 0 Å². The number of hydrogen-bond acceptors (Lipinski definition) is 3. The molecule has 3 aromatic rings. The molecule has 2 heterocycles. The zero-order valence-corrected chi connectivity index (χ0v) is 13.4. The van der Waals surface area contributed by atoms with Gasteiger partial charge in [0.15, 0.2) is 6.10 Å². The Balaban J connectivity index is 1.63. The summed E-state index contributed by atoms with van der Waals surface area (Å²) in [7, 11) is 0. The van der Waals surface area contributed by atoms with Crippen molar-refractivity contribution in [3.63, 3.8) is 0 Å². The number of para-hydroxylation sites is 1. The number of hydrogen-bond donors (Lipinski definition) is 0. The van der Waals surface area contributed by atoms with E-state index < -0.39 is 11.9 Å². The van der Waals surface area contributed by atoms with Crippen LogP contribution in [0.4, 0.5) is 10.1 Å². The Morgan fingerprint density at radius 3 is 2.76 bits per heavy atom. The molecule has 0 radical (unpaired) electrons. The predicted molar refractivity (Wildman–Crippen MR) is 90.9 cm³/mol. The van der Waals surface area contributed by atoms with E-state index >= 15 is 0 Å². The van der Waals surface area contributed by atoms with E-state index in [1.54, 1.807) is 30.5 Å². The normalized spacial score (nSPS) is 15.5. The maximum absolute atomic E-state index is 13.7. The maximum Gasteiger partial charge on any atom is 0.268 e. The molecule has 0 saturated heterocycles. The minimum atomic E-state index is -0.629. The van der Waals surface area contributed by atoms with Crippen LogP contribution in [0.1, 0.15) is 11.3 Å². The Morgan fingerprint density at radius 2 is 2.00 bits per heavy atom. The quantitative estimate of drug-likeness (QED) is 0.724. The van der Waals surface area contributed by atoms with Gasteiger partial charge in [-0.3, -0.25) is 4.79 Å². The summed E-state index contributed by atoms with van der Waals surface area (Å²) in [6.45, 7) is 0.214. The molecule has 0 N–H and O–H groups in total. The Hall–Kier alpha value is -3.08. The van der Waals surface area contributed by atoms with Crippen molar-refractivity contribution in [3.8, 4) is 5.75 Å². The first-order valence-electron chi connectivity index (χ1n) is 8.04. The van der Waals surface area contributed by atoms with E-state index in [-0.39, 0.29) is 12.5 Å². The fraction of sp³-hybridized carbons (Fsp3) is 0.150. The number of halogens is 1. The number of anilines is 1. The van der Waals surface area contributed by atoms with Crippen molar-refractivity contribution < 1.29 is 18.3 Å². The second-order valence-electron chi connectivity index (χ2n) is 5.90. The summed E-state index contributed by atoms with van der Waals surface area (Å²) in [6, 6.07) is 17.1. The van der Waals surface area contributed by atoms with Crippen molar-refractivity contribution in [3.05, 3.63) is 84.1 Å². The molecule has 1 aliphatic rings. The van der Waals surface area contributed by atoms with Gasteiger partial charge in [-0.1, -0.05) is 24.3 Å². The Kier molecular flexibility index (Phi) is 3.98. The van der Waals surface area contributed by atoms with Gasteiger partial charge < -0.3 is 14.1 Å². The van der Waals surface area contributed by atoms with E-state index in [0.717, 1.165) is 11.3 Å². The van der Waals surface area contributed by atoms with Crippen molar-refractivity contribution in [2.45, 2.75) is 19.1 Å². The van der Waals surface area contributed by atoms with Gasteiger partial charge in [-0.25, -0.2) is 4.39 Å². The van der Waals surface area contributed by atoms with Crippen molar-refractivity contribution in [2.75, 3.05) is 4.90 Å². The van der Waals surface area contributed by atoms with E-state index in [9.17, 15) is 9.18 Å². The summed E-state index contributed by atoms with van der Waals surface area (Å²) in [4.78, 5) is 14.6. The first-order chi connectivity index (χ1) is 12.2. The SMILES string of the molecule is O=C([C@@H]1Cc2ccccc2O1)N(Cc1ccco1)c1cccc(F)c1. The highest BCUT2D eigenvalue weighted by atomic mass is 19.1. The highest BCUT2D eigenvalue weighted by molar-refractivity contribution is 5.97. The van der Waals surface area contributed by atoms with Gasteiger partial charge in [-0.2, -0.15) is 0 Å². The molecule has 0 unspecified atom stereocenters. The number of furan rings is 1. The number of carbonyl (C=O) groups excluding carboxylic acids is 1. The minimum absolute atomic E-state index is 0.214. The number of nitrogens with zero attached hydrogens (tertiary/aromatic N) is 1. The first kappa shape index (κ1) is 15.4. The third-order valence-corrected chi connectivity index (χ3v) is 4.20. The molecule has 0 spiro atoms. The number of amides is 1. The number of rotatable bonds is 4.